The van der Waals surface area contributed by atoms with Gasteiger partial charge in [0.2, 0.25) is 0 Å². The Labute approximate surface area is 129 Å². The van der Waals surface area contributed by atoms with Crippen molar-refractivity contribution in [3.8, 4) is 5.75 Å². The summed E-state index contributed by atoms with van der Waals surface area (Å²) in [5, 5.41) is 5.74. The summed E-state index contributed by atoms with van der Waals surface area (Å²) in [6, 6.07) is 7.84. The maximum absolute atomic E-state index is 11.7. The number of carbonyl (C=O) groups excluding carboxylic acids is 1. The SMILES string of the molecule is Cc1nc(CNC(=O)COc2ccc(C(C)C)cc2)cs1. The fraction of sp³-hybridized carbons (Fsp3) is 0.375. The molecule has 2 rings (SSSR count). The molecule has 4 nitrogen and oxygen atoms in total. The summed E-state index contributed by atoms with van der Waals surface area (Å²) in [4.78, 5) is 16.0. The summed E-state index contributed by atoms with van der Waals surface area (Å²) in [6.07, 6.45) is 0. The van der Waals surface area contributed by atoms with Crippen LogP contribution in [0.15, 0.2) is 29.6 Å². The van der Waals surface area contributed by atoms with Gasteiger partial charge in [0.05, 0.1) is 17.2 Å². The smallest absolute Gasteiger partial charge is 0.258 e. The largest absolute Gasteiger partial charge is 0.484 e. The second kappa shape index (κ2) is 7.22. The molecule has 0 atom stereocenters. The van der Waals surface area contributed by atoms with Crippen LogP contribution in [0, 0.1) is 6.92 Å². The van der Waals surface area contributed by atoms with Gasteiger partial charge in [-0.05, 0) is 30.5 Å². The molecule has 0 saturated heterocycles. The molecular weight excluding hydrogens is 284 g/mol. The summed E-state index contributed by atoms with van der Waals surface area (Å²) in [5.41, 5.74) is 2.14. The normalized spacial score (nSPS) is 10.7. The van der Waals surface area contributed by atoms with E-state index in [9.17, 15) is 4.79 Å². The molecule has 1 heterocycles. The average Bonchev–Trinajstić information content (AvgIpc) is 2.89. The number of carbonyl (C=O) groups is 1. The zero-order valence-corrected chi connectivity index (χ0v) is 13.4. The number of hydrogen-bond acceptors (Lipinski definition) is 4. The van der Waals surface area contributed by atoms with Crippen LogP contribution in [0.2, 0.25) is 0 Å². The quantitative estimate of drug-likeness (QED) is 0.891. The van der Waals surface area contributed by atoms with Gasteiger partial charge in [0.15, 0.2) is 6.61 Å². The van der Waals surface area contributed by atoms with Crippen LogP contribution in [0.1, 0.15) is 36.0 Å². The molecule has 0 aliphatic carbocycles. The van der Waals surface area contributed by atoms with Crippen molar-refractivity contribution in [1.82, 2.24) is 10.3 Å². The summed E-state index contributed by atoms with van der Waals surface area (Å²) in [7, 11) is 0. The van der Waals surface area contributed by atoms with Crippen LogP contribution in [0.25, 0.3) is 0 Å². The predicted molar refractivity (Wildman–Crippen MR) is 84.7 cm³/mol. The minimum absolute atomic E-state index is 0.0180. The molecule has 0 bridgehead atoms. The molecule has 0 unspecified atom stereocenters. The highest BCUT2D eigenvalue weighted by Crippen LogP contribution is 2.18. The standard InChI is InChI=1S/C16H20N2O2S/c1-11(2)13-4-6-15(7-5-13)20-9-16(19)17-8-14-10-21-12(3)18-14/h4-7,10-11H,8-9H2,1-3H3,(H,17,19). The molecule has 112 valence electrons. The first kappa shape index (κ1) is 15.5. The molecular formula is C16H20N2O2S. The van der Waals surface area contributed by atoms with Gasteiger partial charge in [-0.3, -0.25) is 4.79 Å². The van der Waals surface area contributed by atoms with Crippen LogP contribution in [0.4, 0.5) is 0 Å². The van der Waals surface area contributed by atoms with Gasteiger partial charge in [0, 0.05) is 5.38 Å². The minimum Gasteiger partial charge on any atom is -0.484 e. The zero-order valence-electron chi connectivity index (χ0n) is 12.6. The molecule has 1 aromatic carbocycles. The first-order valence-electron chi connectivity index (χ1n) is 6.95. The second-order valence-electron chi connectivity index (χ2n) is 5.15. The Balaban J connectivity index is 1.75. The van der Waals surface area contributed by atoms with E-state index in [2.05, 4.69) is 24.1 Å². The maximum Gasteiger partial charge on any atom is 0.258 e. The molecule has 1 amide bonds. The molecule has 0 aliphatic rings. The lowest BCUT2D eigenvalue weighted by Crippen LogP contribution is -2.28. The van der Waals surface area contributed by atoms with Crippen LogP contribution >= 0.6 is 11.3 Å². The molecule has 21 heavy (non-hydrogen) atoms. The van der Waals surface area contributed by atoms with Crippen LogP contribution in [-0.4, -0.2) is 17.5 Å². The van der Waals surface area contributed by atoms with Gasteiger partial charge in [-0.15, -0.1) is 11.3 Å². The lowest BCUT2D eigenvalue weighted by molar-refractivity contribution is -0.123. The van der Waals surface area contributed by atoms with Gasteiger partial charge >= 0.3 is 0 Å². The topological polar surface area (TPSA) is 51.2 Å². The summed E-state index contributed by atoms with van der Waals surface area (Å²) in [6.45, 7) is 6.69. The Hall–Kier alpha value is -1.88. The van der Waals surface area contributed by atoms with Gasteiger partial charge in [0.25, 0.3) is 5.91 Å². The predicted octanol–water partition coefficient (Wildman–Crippen LogP) is 3.27. The number of nitrogens with one attached hydrogen (secondary N) is 1. The number of ether oxygens (including phenoxy) is 1. The zero-order chi connectivity index (χ0) is 15.2. The van der Waals surface area contributed by atoms with Crippen molar-refractivity contribution in [3.05, 3.63) is 45.9 Å². The van der Waals surface area contributed by atoms with E-state index in [0.717, 1.165) is 10.7 Å². The van der Waals surface area contributed by atoms with Gasteiger partial charge in [-0.2, -0.15) is 0 Å². The second-order valence-corrected chi connectivity index (χ2v) is 6.21. The van der Waals surface area contributed by atoms with Gasteiger partial charge in [-0.1, -0.05) is 26.0 Å². The fourth-order valence-electron chi connectivity index (χ4n) is 1.83. The van der Waals surface area contributed by atoms with Gasteiger partial charge in [-0.25, -0.2) is 4.98 Å². The average molecular weight is 304 g/mol. The van der Waals surface area contributed by atoms with Gasteiger partial charge < -0.3 is 10.1 Å². The summed E-state index contributed by atoms with van der Waals surface area (Å²) in [5.74, 6) is 1.05. The maximum atomic E-state index is 11.7. The highest BCUT2D eigenvalue weighted by molar-refractivity contribution is 7.09. The number of rotatable bonds is 6. The molecule has 0 spiro atoms. The van der Waals surface area contributed by atoms with E-state index < -0.39 is 0 Å². The Morgan fingerprint density at radius 3 is 2.62 bits per heavy atom. The summed E-state index contributed by atoms with van der Waals surface area (Å²) < 4.78 is 5.47. The number of thiazole rings is 1. The van der Waals surface area contributed by atoms with Crippen molar-refractivity contribution >= 4 is 17.2 Å². The molecule has 1 N–H and O–H groups in total. The fourth-order valence-corrected chi connectivity index (χ4v) is 2.44. The number of benzene rings is 1. The summed E-state index contributed by atoms with van der Waals surface area (Å²) >= 11 is 1.58. The van der Waals surface area contributed by atoms with Crippen molar-refractivity contribution in [3.63, 3.8) is 0 Å². The first-order valence-corrected chi connectivity index (χ1v) is 7.83. The molecule has 0 saturated carbocycles. The molecule has 0 radical (unpaired) electrons. The third kappa shape index (κ3) is 4.86. The molecule has 0 fully saturated rings. The monoisotopic (exact) mass is 304 g/mol. The molecule has 2 aromatic rings. The van der Waals surface area contributed by atoms with E-state index in [1.807, 2.05) is 36.6 Å². The van der Waals surface area contributed by atoms with Crippen molar-refractivity contribution in [2.24, 2.45) is 0 Å². The van der Waals surface area contributed by atoms with E-state index in [-0.39, 0.29) is 12.5 Å². The number of aromatic nitrogens is 1. The van der Waals surface area contributed by atoms with Crippen LogP contribution in [0.3, 0.4) is 0 Å². The highest BCUT2D eigenvalue weighted by Gasteiger charge is 2.05. The van der Waals surface area contributed by atoms with Gasteiger partial charge in [0.1, 0.15) is 5.75 Å². The van der Waals surface area contributed by atoms with Crippen LogP contribution < -0.4 is 10.1 Å². The van der Waals surface area contributed by atoms with E-state index in [0.29, 0.717) is 18.2 Å². The molecule has 0 aliphatic heterocycles. The lowest BCUT2D eigenvalue weighted by atomic mass is 10.0. The third-order valence-corrected chi connectivity index (χ3v) is 3.87. The van der Waals surface area contributed by atoms with Crippen molar-refractivity contribution in [1.29, 1.82) is 0 Å². The van der Waals surface area contributed by atoms with Crippen molar-refractivity contribution < 1.29 is 9.53 Å². The van der Waals surface area contributed by atoms with Crippen LogP contribution in [-0.2, 0) is 11.3 Å². The first-order chi connectivity index (χ1) is 10.0. The highest BCUT2D eigenvalue weighted by atomic mass is 32.1. The van der Waals surface area contributed by atoms with Crippen LogP contribution in [0.5, 0.6) is 5.75 Å². The Morgan fingerprint density at radius 1 is 1.33 bits per heavy atom. The minimum atomic E-state index is -0.145. The van der Waals surface area contributed by atoms with E-state index in [4.69, 9.17) is 4.74 Å². The number of hydrogen-bond donors (Lipinski definition) is 1. The van der Waals surface area contributed by atoms with E-state index in [1.54, 1.807) is 11.3 Å². The Morgan fingerprint density at radius 2 is 2.05 bits per heavy atom. The molecule has 1 aromatic heterocycles. The van der Waals surface area contributed by atoms with E-state index >= 15 is 0 Å². The third-order valence-electron chi connectivity index (χ3n) is 3.05. The Kier molecular flexibility index (Phi) is 5.33. The van der Waals surface area contributed by atoms with E-state index in [1.165, 1.54) is 5.56 Å². The van der Waals surface area contributed by atoms with Crippen molar-refractivity contribution in [2.75, 3.05) is 6.61 Å². The molecule has 5 heteroatoms. The van der Waals surface area contributed by atoms with Crippen molar-refractivity contribution in [2.45, 2.75) is 33.2 Å². The lowest BCUT2D eigenvalue weighted by Gasteiger charge is -2.09. The number of aryl methyl sites for hydroxylation is 1. The Bertz CT molecular complexity index is 591. The number of amides is 1. The number of nitrogens with zero attached hydrogens (tertiary/aromatic N) is 1.